The zero-order chi connectivity index (χ0) is 14.8. The first-order chi connectivity index (χ1) is 10.1. The average Bonchev–Trinajstić information content (AvgIpc) is 2.88. The minimum Gasteiger partial charge on any atom is -0.378 e. The molecule has 110 valence electrons. The molecule has 0 saturated carbocycles. The number of thiophene rings is 1. The second-order valence-electron chi connectivity index (χ2n) is 5.32. The Kier molecular flexibility index (Phi) is 4.22. The van der Waals surface area contributed by atoms with E-state index < -0.39 is 0 Å². The third-order valence-corrected chi connectivity index (χ3v) is 5.97. The Hall–Kier alpha value is -1.46. The Bertz CT molecular complexity index is 653. The van der Waals surface area contributed by atoms with E-state index in [1.165, 1.54) is 9.77 Å². The van der Waals surface area contributed by atoms with Crippen LogP contribution in [-0.4, -0.2) is 11.2 Å². The molecule has 1 unspecified atom stereocenters. The van der Waals surface area contributed by atoms with E-state index in [2.05, 4.69) is 23.7 Å². The quantitative estimate of drug-likeness (QED) is 0.901. The number of benzene rings is 1. The zero-order valence-electron chi connectivity index (χ0n) is 11.8. The van der Waals surface area contributed by atoms with E-state index in [-0.39, 0.29) is 12.3 Å². The van der Waals surface area contributed by atoms with Gasteiger partial charge in [0.2, 0.25) is 5.91 Å². The number of primary amides is 1. The third-order valence-electron chi connectivity index (χ3n) is 3.62. The average molecular weight is 318 g/mol. The van der Waals surface area contributed by atoms with Crippen molar-refractivity contribution in [3.05, 3.63) is 46.8 Å². The molecular formula is C16H18N2OS2. The number of amides is 1. The molecule has 1 aromatic carbocycles. The lowest BCUT2D eigenvalue weighted by Gasteiger charge is -2.29. The normalized spacial score (nSPS) is 20.8. The lowest BCUT2D eigenvalue weighted by atomic mass is 10.0. The Morgan fingerprint density at radius 3 is 3.00 bits per heavy atom. The molecule has 0 saturated heterocycles. The van der Waals surface area contributed by atoms with Crippen LogP contribution in [0.15, 0.2) is 39.9 Å². The monoisotopic (exact) mass is 318 g/mol. The van der Waals surface area contributed by atoms with Gasteiger partial charge in [-0.25, -0.2) is 0 Å². The van der Waals surface area contributed by atoms with Gasteiger partial charge >= 0.3 is 0 Å². The highest BCUT2D eigenvalue weighted by atomic mass is 32.2. The summed E-state index contributed by atoms with van der Waals surface area (Å²) in [5.74, 6) is -0.298. The molecule has 1 amide bonds. The molecule has 1 aromatic heterocycles. The fourth-order valence-corrected chi connectivity index (χ4v) is 5.24. The van der Waals surface area contributed by atoms with Crippen LogP contribution in [0.1, 0.15) is 30.5 Å². The maximum Gasteiger partial charge on any atom is 0.221 e. The number of carbonyl (C=O) groups is 1. The Labute approximate surface area is 132 Å². The summed E-state index contributed by atoms with van der Waals surface area (Å²) < 4.78 is 1.40. The van der Waals surface area contributed by atoms with E-state index >= 15 is 0 Å². The molecule has 2 aromatic rings. The van der Waals surface area contributed by atoms with Crippen LogP contribution >= 0.6 is 23.1 Å². The molecule has 0 fully saturated rings. The highest BCUT2D eigenvalue weighted by Crippen LogP contribution is 2.45. The maximum absolute atomic E-state index is 11.2. The van der Waals surface area contributed by atoms with Crippen molar-refractivity contribution in [3.8, 4) is 0 Å². The van der Waals surface area contributed by atoms with Gasteiger partial charge in [0.25, 0.3) is 0 Å². The Morgan fingerprint density at radius 1 is 1.38 bits per heavy atom. The van der Waals surface area contributed by atoms with E-state index in [1.807, 2.05) is 47.4 Å². The van der Waals surface area contributed by atoms with E-state index in [9.17, 15) is 4.79 Å². The molecule has 3 rings (SSSR count). The van der Waals surface area contributed by atoms with Gasteiger partial charge in [-0.1, -0.05) is 25.1 Å². The van der Waals surface area contributed by atoms with Crippen molar-refractivity contribution in [2.45, 2.75) is 35.3 Å². The molecular weight excluding hydrogens is 300 g/mol. The molecule has 21 heavy (non-hydrogen) atoms. The van der Waals surface area contributed by atoms with Gasteiger partial charge in [-0.05, 0) is 35.1 Å². The van der Waals surface area contributed by atoms with Crippen LogP contribution in [0.3, 0.4) is 0 Å². The molecule has 0 radical (unpaired) electrons. The van der Waals surface area contributed by atoms with E-state index in [1.54, 1.807) is 0 Å². The van der Waals surface area contributed by atoms with Gasteiger partial charge in [0.05, 0.1) is 16.7 Å². The minimum atomic E-state index is -0.298. The first-order valence-electron chi connectivity index (χ1n) is 7.00. The number of hydrogen-bond donors (Lipinski definition) is 2. The Balaban J connectivity index is 1.86. The van der Waals surface area contributed by atoms with Gasteiger partial charge < -0.3 is 11.1 Å². The van der Waals surface area contributed by atoms with Crippen LogP contribution in [0.4, 0.5) is 5.69 Å². The second kappa shape index (κ2) is 6.12. The van der Waals surface area contributed by atoms with E-state index in [0.29, 0.717) is 11.3 Å². The maximum atomic E-state index is 11.2. The molecule has 0 aliphatic carbocycles. The van der Waals surface area contributed by atoms with Gasteiger partial charge in [-0.15, -0.1) is 23.1 Å². The van der Waals surface area contributed by atoms with Gasteiger partial charge in [-0.3, -0.25) is 4.79 Å². The number of hydrogen-bond acceptors (Lipinski definition) is 4. The van der Waals surface area contributed by atoms with Crippen molar-refractivity contribution in [1.29, 1.82) is 0 Å². The lowest BCUT2D eigenvalue weighted by molar-refractivity contribution is -0.117. The smallest absolute Gasteiger partial charge is 0.221 e. The standard InChI is InChI=1S/C16H18N2OS2/c1-10-8-14(12-6-7-20-16(12)21-10)18-13-5-3-2-4-11(13)9-15(17)19/h2-7,10,14,18H,8-9H2,1H3,(H2,17,19)/t10-,14?/m0/s1. The summed E-state index contributed by atoms with van der Waals surface area (Å²) in [5.41, 5.74) is 8.69. The number of rotatable bonds is 4. The number of fused-ring (bicyclic) bond motifs is 1. The van der Waals surface area contributed by atoms with Crippen molar-refractivity contribution < 1.29 is 4.79 Å². The van der Waals surface area contributed by atoms with Crippen LogP contribution in [-0.2, 0) is 11.2 Å². The van der Waals surface area contributed by atoms with Gasteiger partial charge in [0.1, 0.15) is 0 Å². The summed E-state index contributed by atoms with van der Waals surface area (Å²) in [7, 11) is 0. The van der Waals surface area contributed by atoms with E-state index in [4.69, 9.17) is 5.73 Å². The van der Waals surface area contributed by atoms with Crippen LogP contribution in [0.25, 0.3) is 0 Å². The van der Waals surface area contributed by atoms with Crippen LogP contribution in [0, 0.1) is 0 Å². The minimum absolute atomic E-state index is 0.274. The topological polar surface area (TPSA) is 55.1 Å². The fraction of sp³-hybridized carbons (Fsp3) is 0.312. The van der Waals surface area contributed by atoms with Gasteiger partial charge in [-0.2, -0.15) is 0 Å². The predicted molar refractivity (Wildman–Crippen MR) is 90.0 cm³/mol. The summed E-state index contributed by atoms with van der Waals surface area (Å²) in [4.78, 5) is 11.2. The van der Waals surface area contributed by atoms with Gasteiger partial charge in [0.15, 0.2) is 0 Å². The van der Waals surface area contributed by atoms with Crippen LogP contribution < -0.4 is 11.1 Å². The van der Waals surface area contributed by atoms with Crippen molar-refractivity contribution in [1.82, 2.24) is 0 Å². The van der Waals surface area contributed by atoms with E-state index in [0.717, 1.165) is 17.7 Å². The molecule has 1 aliphatic heterocycles. The number of nitrogens with two attached hydrogens (primary N) is 1. The molecule has 0 spiro atoms. The van der Waals surface area contributed by atoms with Crippen molar-refractivity contribution in [3.63, 3.8) is 0 Å². The zero-order valence-corrected chi connectivity index (χ0v) is 13.5. The number of para-hydroxylation sites is 1. The van der Waals surface area contributed by atoms with Crippen molar-refractivity contribution >= 4 is 34.7 Å². The fourth-order valence-electron chi connectivity index (χ4n) is 2.68. The Morgan fingerprint density at radius 2 is 2.19 bits per heavy atom. The summed E-state index contributed by atoms with van der Waals surface area (Å²) in [6.45, 7) is 2.26. The van der Waals surface area contributed by atoms with Crippen LogP contribution in [0.2, 0.25) is 0 Å². The number of anilines is 1. The molecule has 5 heteroatoms. The van der Waals surface area contributed by atoms with Gasteiger partial charge in [0, 0.05) is 10.9 Å². The number of carbonyl (C=O) groups excluding carboxylic acids is 1. The lowest BCUT2D eigenvalue weighted by Crippen LogP contribution is -2.21. The summed E-state index contributed by atoms with van der Waals surface area (Å²) >= 11 is 3.76. The molecule has 1 aliphatic rings. The molecule has 2 atom stereocenters. The molecule has 3 N–H and O–H groups in total. The first-order valence-corrected chi connectivity index (χ1v) is 8.76. The number of thioether (sulfide) groups is 1. The molecule has 3 nitrogen and oxygen atoms in total. The second-order valence-corrected chi connectivity index (χ2v) is 7.95. The molecule has 2 heterocycles. The van der Waals surface area contributed by atoms with Crippen LogP contribution in [0.5, 0.6) is 0 Å². The summed E-state index contributed by atoms with van der Waals surface area (Å²) in [6, 6.07) is 10.4. The largest absolute Gasteiger partial charge is 0.378 e. The first kappa shape index (κ1) is 14.5. The highest BCUT2D eigenvalue weighted by molar-refractivity contribution is 8.01. The summed E-state index contributed by atoms with van der Waals surface area (Å²) in [6.07, 6.45) is 1.36. The third kappa shape index (κ3) is 3.24. The number of nitrogens with one attached hydrogen (secondary N) is 1. The summed E-state index contributed by atoms with van der Waals surface area (Å²) in [5, 5.41) is 6.36. The van der Waals surface area contributed by atoms with Crippen molar-refractivity contribution in [2.24, 2.45) is 5.73 Å². The predicted octanol–water partition coefficient (Wildman–Crippen LogP) is 3.81. The highest BCUT2D eigenvalue weighted by Gasteiger charge is 2.26. The molecule has 0 bridgehead atoms. The SMILES string of the molecule is C[C@H]1CC(Nc2ccccc2CC(N)=O)c2ccsc2S1. The van der Waals surface area contributed by atoms with Crippen molar-refractivity contribution in [2.75, 3.05) is 5.32 Å².